The van der Waals surface area contributed by atoms with Crippen LogP contribution >= 0.6 is 0 Å². The Balaban J connectivity index is 2.04. The minimum absolute atomic E-state index is 0.0615. The maximum absolute atomic E-state index is 8.48. The highest BCUT2D eigenvalue weighted by molar-refractivity contribution is 5.51. The van der Waals surface area contributed by atoms with Crippen molar-refractivity contribution in [1.82, 2.24) is 0 Å². The van der Waals surface area contributed by atoms with E-state index in [1.54, 1.807) is 0 Å². The van der Waals surface area contributed by atoms with Gasteiger partial charge in [-0.3, -0.25) is 0 Å². The van der Waals surface area contributed by atoms with Crippen molar-refractivity contribution in [1.29, 1.82) is 5.26 Å². The largest absolute Gasteiger partial charge is 0.479 e. The lowest BCUT2D eigenvalue weighted by Gasteiger charge is -2.16. The predicted molar refractivity (Wildman–Crippen MR) is 84.0 cm³/mol. The molecule has 1 unspecified atom stereocenters. The Hall–Kier alpha value is -2.91. The molecule has 1 atom stereocenters. The average molecular weight is 276 g/mol. The van der Waals surface area contributed by atoms with Crippen LogP contribution in [-0.2, 0) is 0 Å². The summed E-state index contributed by atoms with van der Waals surface area (Å²) in [5, 5.41) is 11.9. The summed E-state index contributed by atoms with van der Waals surface area (Å²) in [5.74, 6) is 3.32. The van der Waals surface area contributed by atoms with Crippen LogP contribution in [0.2, 0.25) is 0 Å². The van der Waals surface area contributed by atoms with Crippen molar-refractivity contribution in [2.45, 2.75) is 13.0 Å². The molecule has 2 rings (SSSR count). The fourth-order valence-corrected chi connectivity index (χ4v) is 2.00. The average Bonchev–Trinajstić information content (AvgIpc) is 2.53. The molecule has 0 heterocycles. The van der Waals surface area contributed by atoms with Crippen LogP contribution in [0.1, 0.15) is 24.1 Å². The number of nitrogens with one attached hydrogen (secondary N) is 1. The first-order chi connectivity index (χ1) is 10.2. The Morgan fingerprint density at radius 1 is 1.24 bits per heavy atom. The standard InChI is InChI=1S/C18H16N2O/c1-3-15-5-4-6-17(13-15)20-14(2)16-7-9-18(10-8-16)21-12-11-19/h1,4-10,13-14,20H,12H2,2H3. The second-order valence-corrected chi connectivity index (χ2v) is 4.61. The fraction of sp³-hybridized carbons (Fsp3) is 0.167. The molecule has 0 radical (unpaired) electrons. The zero-order chi connectivity index (χ0) is 15.1. The summed E-state index contributed by atoms with van der Waals surface area (Å²) in [6.07, 6.45) is 5.40. The molecule has 0 aliphatic rings. The summed E-state index contributed by atoms with van der Waals surface area (Å²) in [4.78, 5) is 0. The van der Waals surface area contributed by atoms with Gasteiger partial charge in [-0.1, -0.05) is 24.1 Å². The first-order valence-electron chi connectivity index (χ1n) is 6.66. The molecule has 0 spiro atoms. The summed E-state index contributed by atoms with van der Waals surface area (Å²) >= 11 is 0. The van der Waals surface area contributed by atoms with Crippen LogP contribution in [0.15, 0.2) is 48.5 Å². The smallest absolute Gasteiger partial charge is 0.174 e. The van der Waals surface area contributed by atoms with Crippen LogP contribution in [0, 0.1) is 23.7 Å². The van der Waals surface area contributed by atoms with E-state index in [-0.39, 0.29) is 12.6 Å². The van der Waals surface area contributed by atoms with Gasteiger partial charge in [0, 0.05) is 17.3 Å². The van der Waals surface area contributed by atoms with Crippen molar-refractivity contribution in [3.63, 3.8) is 0 Å². The lowest BCUT2D eigenvalue weighted by atomic mass is 10.1. The van der Waals surface area contributed by atoms with Gasteiger partial charge in [-0.05, 0) is 42.8 Å². The fourth-order valence-electron chi connectivity index (χ4n) is 2.00. The lowest BCUT2D eigenvalue weighted by Crippen LogP contribution is -2.06. The van der Waals surface area contributed by atoms with Crippen molar-refractivity contribution < 1.29 is 4.74 Å². The maximum atomic E-state index is 8.48. The first kappa shape index (κ1) is 14.5. The Kier molecular flexibility index (Phi) is 4.85. The van der Waals surface area contributed by atoms with E-state index < -0.39 is 0 Å². The number of ether oxygens (including phenoxy) is 1. The van der Waals surface area contributed by atoms with Crippen molar-refractivity contribution in [3.05, 3.63) is 59.7 Å². The van der Waals surface area contributed by atoms with Crippen molar-refractivity contribution >= 4 is 5.69 Å². The minimum Gasteiger partial charge on any atom is -0.479 e. The molecule has 0 saturated heterocycles. The van der Waals surface area contributed by atoms with Crippen LogP contribution < -0.4 is 10.1 Å². The minimum atomic E-state index is 0.0615. The van der Waals surface area contributed by atoms with Gasteiger partial charge in [0.2, 0.25) is 0 Å². The summed E-state index contributed by atoms with van der Waals surface area (Å²) in [6, 6.07) is 17.5. The number of hydrogen-bond acceptors (Lipinski definition) is 3. The molecule has 0 saturated carbocycles. The predicted octanol–water partition coefficient (Wildman–Crippen LogP) is 3.74. The van der Waals surface area contributed by atoms with Gasteiger partial charge in [0.25, 0.3) is 0 Å². The zero-order valence-electron chi connectivity index (χ0n) is 11.8. The van der Waals surface area contributed by atoms with Gasteiger partial charge in [-0.25, -0.2) is 0 Å². The Morgan fingerprint density at radius 2 is 2.00 bits per heavy atom. The molecule has 2 aromatic carbocycles. The van der Waals surface area contributed by atoms with Gasteiger partial charge in [-0.15, -0.1) is 6.42 Å². The normalized spacial score (nSPS) is 11.0. The van der Waals surface area contributed by atoms with E-state index in [1.807, 2.05) is 54.6 Å². The molecule has 0 aliphatic heterocycles. The molecule has 21 heavy (non-hydrogen) atoms. The van der Waals surface area contributed by atoms with Crippen molar-refractivity contribution in [2.24, 2.45) is 0 Å². The van der Waals surface area contributed by atoms with Crippen LogP contribution in [-0.4, -0.2) is 6.61 Å². The quantitative estimate of drug-likeness (QED) is 0.846. The molecule has 0 aliphatic carbocycles. The molecule has 0 bridgehead atoms. The monoisotopic (exact) mass is 276 g/mol. The van der Waals surface area contributed by atoms with Crippen LogP contribution in [0.25, 0.3) is 0 Å². The highest BCUT2D eigenvalue weighted by atomic mass is 16.5. The second kappa shape index (κ2) is 7.03. The van der Waals surface area contributed by atoms with Crippen molar-refractivity contribution in [2.75, 3.05) is 11.9 Å². The van der Waals surface area contributed by atoms with Gasteiger partial charge in [0.05, 0.1) is 0 Å². The van der Waals surface area contributed by atoms with E-state index in [0.29, 0.717) is 5.75 Å². The number of terminal acetylenes is 1. The van der Waals surface area contributed by atoms with Crippen LogP contribution in [0.4, 0.5) is 5.69 Å². The van der Waals surface area contributed by atoms with Crippen LogP contribution in [0.3, 0.4) is 0 Å². The second-order valence-electron chi connectivity index (χ2n) is 4.61. The molecule has 2 aromatic rings. The Bertz CT molecular complexity index is 678. The van der Waals surface area contributed by atoms with Gasteiger partial charge in [0.15, 0.2) is 6.61 Å². The number of hydrogen-bond donors (Lipinski definition) is 1. The first-order valence-corrected chi connectivity index (χ1v) is 6.66. The third-order valence-corrected chi connectivity index (χ3v) is 3.10. The number of rotatable bonds is 5. The van der Waals surface area contributed by atoms with Crippen molar-refractivity contribution in [3.8, 4) is 24.2 Å². The molecule has 0 fully saturated rings. The molecular weight excluding hydrogens is 260 g/mol. The Morgan fingerprint density at radius 3 is 2.67 bits per heavy atom. The van der Waals surface area contributed by atoms with E-state index in [4.69, 9.17) is 16.4 Å². The highest BCUT2D eigenvalue weighted by Crippen LogP contribution is 2.22. The van der Waals surface area contributed by atoms with Gasteiger partial charge < -0.3 is 10.1 Å². The highest BCUT2D eigenvalue weighted by Gasteiger charge is 2.06. The molecule has 3 heteroatoms. The molecule has 0 aromatic heterocycles. The van der Waals surface area contributed by atoms with Gasteiger partial charge in [0.1, 0.15) is 11.8 Å². The summed E-state index contributed by atoms with van der Waals surface area (Å²) in [5.41, 5.74) is 2.97. The number of benzene rings is 2. The van der Waals surface area contributed by atoms with E-state index in [2.05, 4.69) is 18.2 Å². The van der Waals surface area contributed by atoms with E-state index in [9.17, 15) is 0 Å². The molecule has 104 valence electrons. The summed E-state index contributed by atoms with van der Waals surface area (Å²) in [7, 11) is 0. The zero-order valence-corrected chi connectivity index (χ0v) is 11.8. The number of nitrogens with zero attached hydrogens (tertiary/aromatic N) is 1. The SMILES string of the molecule is C#Cc1cccc(NC(C)c2ccc(OCC#N)cc2)c1. The number of nitriles is 1. The number of anilines is 1. The molecule has 1 N–H and O–H groups in total. The van der Waals surface area contributed by atoms with Gasteiger partial charge >= 0.3 is 0 Å². The molecule has 0 amide bonds. The topological polar surface area (TPSA) is 45.0 Å². The summed E-state index contributed by atoms with van der Waals surface area (Å²) < 4.78 is 5.23. The molecular formula is C18H16N2O. The van der Waals surface area contributed by atoms with E-state index in [0.717, 1.165) is 16.8 Å². The Labute approximate surface area is 125 Å². The maximum Gasteiger partial charge on any atom is 0.174 e. The van der Waals surface area contributed by atoms with Gasteiger partial charge in [-0.2, -0.15) is 5.26 Å². The van der Waals surface area contributed by atoms with E-state index >= 15 is 0 Å². The third-order valence-electron chi connectivity index (χ3n) is 3.10. The molecule has 3 nitrogen and oxygen atoms in total. The third kappa shape index (κ3) is 4.03. The lowest BCUT2D eigenvalue weighted by molar-refractivity contribution is 0.368. The van der Waals surface area contributed by atoms with Crippen LogP contribution in [0.5, 0.6) is 5.75 Å². The van der Waals surface area contributed by atoms with E-state index in [1.165, 1.54) is 0 Å². The summed E-state index contributed by atoms with van der Waals surface area (Å²) in [6.45, 7) is 2.14.